The highest BCUT2D eigenvalue weighted by atomic mass is 19.1. The Balaban J connectivity index is 2.31. The van der Waals surface area contributed by atoms with Crippen molar-refractivity contribution in [2.45, 2.75) is 6.42 Å². The third-order valence-corrected chi connectivity index (χ3v) is 2.78. The molecular weight excluding hydrogens is 249 g/mol. The third-order valence-electron chi connectivity index (χ3n) is 2.78. The monoisotopic (exact) mass is 263 g/mol. The summed E-state index contributed by atoms with van der Waals surface area (Å²) in [6.07, 6.45) is 2.01. The fourth-order valence-electron chi connectivity index (χ4n) is 1.74. The van der Waals surface area contributed by atoms with Gasteiger partial charge in [0.05, 0.1) is 17.8 Å². The van der Waals surface area contributed by atoms with Crippen LogP contribution in [-0.2, 0) is 0 Å². The van der Waals surface area contributed by atoms with Gasteiger partial charge in [-0.15, -0.1) is 0 Å². The minimum absolute atomic E-state index is 0.203. The summed E-state index contributed by atoms with van der Waals surface area (Å²) >= 11 is 0. The normalized spacial score (nSPS) is 10.6. The number of alkyl halides is 1. The molecule has 0 saturated carbocycles. The second kappa shape index (κ2) is 5.60. The number of carboxylic acids is 1. The fourth-order valence-corrected chi connectivity index (χ4v) is 1.74. The molecule has 0 saturated heterocycles. The molecule has 1 N–H and O–H groups in total. The molecular formula is C13H14FN3O2. The van der Waals surface area contributed by atoms with Gasteiger partial charge in [-0.3, -0.25) is 4.39 Å². The zero-order valence-corrected chi connectivity index (χ0v) is 10.5. The van der Waals surface area contributed by atoms with Gasteiger partial charge in [0, 0.05) is 25.2 Å². The van der Waals surface area contributed by atoms with Crippen LogP contribution >= 0.6 is 0 Å². The number of anilines is 1. The molecule has 1 aromatic heterocycles. The average molecular weight is 263 g/mol. The Bertz CT molecular complexity index is 603. The lowest BCUT2D eigenvalue weighted by molar-refractivity contribution is 0.0697. The molecule has 0 bridgehead atoms. The molecule has 2 rings (SSSR count). The Morgan fingerprint density at radius 2 is 2.26 bits per heavy atom. The van der Waals surface area contributed by atoms with Crippen LogP contribution in [0.1, 0.15) is 16.8 Å². The number of carboxylic acid groups (broad SMARTS) is 1. The molecule has 6 heteroatoms. The number of hydrogen-bond donors (Lipinski definition) is 1. The highest BCUT2D eigenvalue weighted by Gasteiger charge is 2.08. The number of fused-ring (bicyclic) bond motifs is 1. The summed E-state index contributed by atoms with van der Waals surface area (Å²) < 4.78 is 12.1. The van der Waals surface area contributed by atoms with E-state index in [0.29, 0.717) is 29.8 Å². The van der Waals surface area contributed by atoms with Crippen LogP contribution in [0, 0.1) is 0 Å². The van der Waals surface area contributed by atoms with Crippen molar-refractivity contribution >= 4 is 22.8 Å². The van der Waals surface area contributed by atoms with Crippen LogP contribution in [0.5, 0.6) is 0 Å². The lowest BCUT2D eigenvalue weighted by atomic mass is 10.1. The van der Waals surface area contributed by atoms with E-state index in [1.165, 1.54) is 12.1 Å². The van der Waals surface area contributed by atoms with Crippen molar-refractivity contribution in [2.75, 3.05) is 25.2 Å². The summed E-state index contributed by atoms with van der Waals surface area (Å²) in [4.78, 5) is 21.1. The van der Waals surface area contributed by atoms with Crippen molar-refractivity contribution in [3.05, 3.63) is 30.0 Å². The second-order valence-electron chi connectivity index (χ2n) is 4.21. The molecule has 0 aliphatic heterocycles. The molecule has 0 fully saturated rings. The lowest BCUT2D eigenvalue weighted by Crippen LogP contribution is -2.21. The molecule has 0 spiro atoms. The van der Waals surface area contributed by atoms with Gasteiger partial charge in [0.25, 0.3) is 0 Å². The molecule has 0 unspecified atom stereocenters. The van der Waals surface area contributed by atoms with Crippen LogP contribution in [0.25, 0.3) is 10.9 Å². The minimum Gasteiger partial charge on any atom is -0.478 e. The minimum atomic E-state index is -0.981. The third kappa shape index (κ3) is 2.96. The van der Waals surface area contributed by atoms with Crippen molar-refractivity contribution in [2.24, 2.45) is 0 Å². The predicted octanol–water partition coefficient (Wildman–Crippen LogP) is 2.12. The van der Waals surface area contributed by atoms with Gasteiger partial charge in [-0.05, 0) is 24.6 Å². The number of aromatic nitrogens is 2. The van der Waals surface area contributed by atoms with Gasteiger partial charge in [-0.2, -0.15) is 0 Å². The highest BCUT2D eigenvalue weighted by Crippen LogP contribution is 2.16. The Hall–Kier alpha value is -2.24. The van der Waals surface area contributed by atoms with E-state index < -0.39 is 5.97 Å². The average Bonchev–Trinajstić information content (AvgIpc) is 2.43. The SMILES string of the molecule is CN(CCCF)c1ncc2cc(C(=O)O)ccc2n1. The van der Waals surface area contributed by atoms with Crippen molar-refractivity contribution < 1.29 is 14.3 Å². The molecule has 100 valence electrons. The van der Waals surface area contributed by atoms with Gasteiger partial charge >= 0.3 is 5.97 Å². The van der Waals surface area contributed by atoms with Gasteiger partial charge in [0.2, 0.25) is 5.95 Å². The summed E-state index contributed by atoms with van der Waals surface area (Å²) in [5.41, 5.74) is 0.872. The number of benzene rings is 1. The Kier molecular flexibility index (Phi) is 3.89. The maximum atomic E-state index is 12.1. The summed E-state index contributed by atoms with van der Waals surface area (Å²) in [6, 6.07) is 4.68. The number of hydrogen-bond acceptors (Lipinski definition) is 4. The summed E-state index contributed by atoms with van der Waals surface area (Å²) in [5.74, 6) is -0.477. The number of nitrogens with zero attached hydrogens (tertiary/aromatic N) is 3. The molecule has 1 aromatic carbocycles. The first-order valence-corrected chi connectivity index (χ1v) is 5.89. The fraction of sp³-hybridized carbons (Fsp3) is 0.308. The van der Waals surface area contributed by atoms with E-state index in [2.05, 4.69) is 9.97 Å². The molecule has 19 heavy (non-hydrogen) atoms. The van der Waals surface area contributed by atoms with Crippen LogP contribution in [0.2, 0.25) is 0 Å². The first-order chi connectivity index (χ1) is 9.11. The van der Waals surface area contributed by atoms with Crippen molar-refractivity contribution in [1.82, 2.24) is 9.97 Å². The molecule has 0 amide bonds. The summed E-state index contributed by atoms with van der Waals surface area (Å²) in [5, 5.41) is 9.57. The summed E-state index contributed by atoms with van der Waals surface area (Å²) in [7, 11) is 1.79. The highest BCUT2D eigenvalue weighted by molar-refractivity contribution is 5.93. The van der Waals surface area contributed by atoms with Crippen molar-refractivity contribution in [3.8, 4) is 0 Å². The zero-order chi connectivity index (χ0) is 13.8. The van der Waals surface area contributed by atoms with Gasteiger partial charge in [0.15, 0.2) is 0 Å². The van der Waals surface area contributed by atoms with E-state index in [9.17, 15) is 9.18 Å². The number of rotatable bonds is 5. The largest absolute Gasteiger partial charge is 0.478 e. The molecule has 0 aliphatic carbocycles. The molecule has 1 heterocycles. The molecule has 0 radical (unpaired) electrons. The standard InChI is InChI=1S/C13H14FN3O2/c1-17(6-2-5-14)13-15-8-10-7-9(12(18)19)3-4-11(10)16-13/h3-4,7-8H,2,5-6H2,1H3,(H,18,19). The van der Waals surface area contributed by atoms with Crippen molar-refractivity contribution in [1.29, 1.82) is 0 Å². The molecule has 0 atom stereocenters. The first-order valence-electron chi connectivity index (χ1n) is 5.89. The van der Waals surface area contributed by atoms with Crippen LogP contribution in [-0.4, -0.2) is 41.3 Å². The molecule has 5 nitrogen and oxygen atoms in total. The Morgan fingerprint density at radius 1 is 1.47 bits per heavy atom. The van der Waals surface area contributed by atoms with E-state index in [1.54, 1.807) is 24.2 Å². The van der Waals surface area contributed by atoms with Crippen LogP contribution in [0.3, 0.4) is 0 Å². The van der Waals surface area contributed by atoms with Gasteiger partial charge in [-0.25, -0.2) is 14.8 Å². The van der Waals surface area contributed by atoms with E-state index in [1.807, 2.05) is 0 Å². The van der Waals surface area contributed by atoms with E-state index in [4.69, 9.17) is 5.11 Å². The van der Waals surface area contributed by atoms with Crippen LogP contribution < -0.4 is 4.90 Å². The van der Waals surface area contributed by atoms with E-state index in [-0.39, 0.29) is 12.2 Å². The van der Waals surface area contributed by atoms with Gasteiger partial charge < -0.3 is 10.0 Å². The Morgan fingerprint density at radius 3 is 2.95 bits per heavy atom. The van der Waals surface area contributed by atoms with Crippen LogP contribution in [0.15, 0.2) is 24.4 Å². The lowest BCUT2D eigenvalue weighted by Gasteiger charge is -2.16. The quantitative estimate of drug-likeness (QED) is 0.895. The molecule has 2 aromatic rings. The number of carbonyl (C=O) groups is 1. The van der Waals surface area contributed by atoms with Crippen LogP contribution in [0.4, 0.5) is 10.3 Å². The Labute approximate surface area is 109 Å². The maximum Gasteiger partial charge on any atom is 0.335 e. The number of aromatic carboxylic acids is 1. The topological polar surface area (TPSA) is 66.3 Å². The second-order valence-corrected chi connectivity index (χ2v) is 4.21. The smallest absolute Gasteiger partial charge is 0.335 e. The van der Waals surface area contributed by atoms with E-state index >= 15 is 0 Å². The summed E-state index contributed by atoms with van der Waals surface area (Å²) in [6.45, 7) is 0.162. The van der Waals surface area contributed by atoms with Crippen molar-refractivity contribution in [3.63, 3.8) is 0 Å². The first kappa shape index (κ1) is 13.2. The maximum absolute atomic E-state index is 12.1. The van der Waals surface area contributed by atoms with Gasteiger partial charge in [-0.1, -0.05) is 0 Å². The number of halogens is 1. The van der Waals surface area contributed by atoms with E-state index in [0.717, 1.165) is 0 Å². The molecule has 0 aliphatic rings. The zero-order valence-electron chi connectivity index (χ0n) is 10.5. The van der Waals surface area contributed by atoms with Gasteiger partial charge in [0.1, 0.15) is 0 Å². The predicted molar refractivity (Wildman–Crippen MR) is 70.4 cm³/mol.